The molecule has 0 spiro atoms. The lowest BCUT2D eigenvalue weighted by molar-refractivity contribution is 0.777. The summed E-state index contributed by atoms with van der Waals surface area (Å²) in [7, 11) is 0. The van der Waals surface area contributed by atoms with Gasteiger partial charge in [-0.15, -0.1) is 0 Å². The molecule has 5 heteroatoms. The summed E-state index contributed by atoms with van der Waals surface area (Å²) in [6, 6.07) is 2.04. The Labute approximate surface area is 87.6 Å². The SMILES string of the molecule is CSc1nc(N)c(C#N)c(C(C)C)n1. The van der Waals surface area contributed by atoms with Crippen LogP contribution in [0.1, 0.15) is 31.0 Å². The summed E-state index contributed by atoms with van der Waals surface area (Å²) >= 11 is 1.42. The van der Waals surface area contributed by atoms with E-state index in [1.165, 1.54) is 11.8 Å². The van der Waals surface area contributed by atoms with Crippen molar-refractivity contribution in [2.45, 2.75) is 24.9 Å². The van der Waals surface area contributed by atoms with Crippen LogP contribution < -0.4 is 5.73 Å². The van der Waals surface area contributed by atoms with Crippen molar-refractivity contribution in [2.24, 2.45) is 0 Å². The Balaban J connectivity index is 3.37. The van der Waals surface area contributed by atoms with Gasteiger partial charge in [-0.2, -0.15) is 5.26 Å². The van der Waals surface area contributed by atoms with Crippen molar-refractivity contribution >= 4 is 17.6 Å². The molecule has 0 fully saturated rings. The molecule has 1 aromatic heterocycles. The van der Waals surface area contributed by atoms with E-state index in [0.717, 1.165) is 5.69 Å². The van der Waals surface area contributed by atoms with E-state index < -0.39 is 0 Å². The third-order valence-corrected chi connectivity index (χ3v) is 2.33. The average molecular weight is 208 g/mol. The summed E-state index contributed by atoms with van der Waals surface area (Å²) in [5, 5.41) is 9.51. The van der Waals surface area contributed by atoms with Crippen LogP contribution in [0, 0.1) is 11.3 Å². The van der Waals surface area contributed by atoms with Gasteiger partial charge in [0.05, 0.1) is 5.69 Å². The predicted molar refractivity (Wildman–Crippen MR) is 57.0 cm³/mol. The molecular formula is C9H12N4S. The van der Waals surface area contributed by atoms with Gasteiger partial charge < -0.3 is 5.73 Å². The maximum absolute atomic E-state index is 8.89. The molecule has 0 atom stereocenters. The number of nitriles is 1. The molecule has 14 heavy (non-hydrogen) atoms. The summed E-state index contributed by atoms with van der Waals surface area (Å²) < 4.78 is 0. The molecule has 0 aromatic carbocycles. The van der Waals surface area contributed by atoms with Crippen LogP contribution in [0.15, 0.2) is 5.16 Å². The molecule has 2 N–H and O–H groups in total. The van der Waals surface area contributed by atoms with Gasteiger partial charge in [-0.1, -0.05) is 25.6 Å². The molecule has 0 aliphatic rings. The first kappa shape index (κ1) is 10.8. The number of anilines is 1. The second-order valence-corrected chi connectivity index (χ2v) is 3.90. The van der Waals surface area contributed by atoms with Gasteiger partial charge in [0.15, 0.2) is 5.16 Å². The van der Waals surface area contributed by atoms with Gasteiger partial charge in [0, 0.05) is 0 Å². The van der Waals surface area contributed by atoms with Crippen LogP contribution in [-0.4, -0.2) is 16.2 Å². The average Bonchev–Trinajstić information content (AvgIpc) is 2.16. The Morgan fingerprint density at radius 2 is 2.07 bits per heavy atom. The zero-order valence-electron chi connectivity index (χ0n) is 8.40. The molecule has 0 aliphatic carbocycles. The largest absolute Gasteiger partial charge is 0.382 e. The van der Waals surface area contributed by atoms with E-state index in [0.29, 0.717) is 10.7 Å². The molecule has 1 aromatic rings. The summed E-state index contributed by atoms with van der Waals surface area (Å²) in [5.41, 5.74) is 6.79. The highest BCUT2D eigenvalue weighted by Gasteiger charge is 2.14. The molecular weight excluding hydrogens is 196 g/mol. The lowest BCUT2D eigenvalue weighted by Crippen LogP contribution is -2.06. The highest BCUT2D eigenvalue weighted by atomic mass is 32.2. The highest BCUT2D eigenvalue weighted by Crippen LogP contribution is 2.23. The zero-order chi connectivity index (χ0) is 10.7. The maximum Gasteiger partial charge on any atom is 0.189 e. The van der Waals surface area contributed by atoms with E-state index >= 15 is 0 Å². The second-order valence-electron chi connectivity index (χ2n) is 3.12. The van der Waals surface area contributed by atoms with Crippen molar-refractivity contribution in [3.63, 3.8) is 0 Å². The van der Waals surface area contributed by atoms with Gasteiger partial charge in [0.1, 0.15) is 17.5 Å². The molecule has 4 nitrogen and oxygen atoms in total. The highest BCUT2D eigenvalue weighted by molar-refractivity contribution is 7.98. The van der Waals surface area contributed by atoms with E-state index in [4.69, 9.17) is 11.0 Å². The van der Waals surface area contributed by atoms with Crippen molar-refractivity contribution in [3.05, 3.63) is 11.3 Å². The zero-order valence-corrected chi connectivity index (χ0v) is 9.22. The van der Waals surface area contributed by atoms with Crippen LogP contribution in [0.5, 0.6) is 0 Å². The van der Waals surface area contributed by atoms with Gasteiger partial charge in [-0.3, -0.25) is 0 Å². The van der Waals surface area contributed by atoms with E-state index in [9.17, 15) is 0 Å². The first-order chi connectivity index (χ1) is 6.60. The lowest BCUT2D eigenvalue weighted by atomic mass is 10.1. The van der Waals surface area contributed by atoms with Crippen LogP contribution in [-0.2, 0) is 0 Å². The molecule has 0 bridgehead atoms. The number of rotatable bonds is 2. The fourth-order valence-electron chi connectivity index (χ4n) is 1.10. The van der Waals surface area contributed by atoms with Crippen LogP contribution in [0.2, 0.25) is 0 Å². The van der Waals surface area contributed by atoms with Crippen molar-refractivity contribution in [2.75, 3.05) is 12.0 Å². The van der Waals surface area contributed by atoms with Crippen molar-refractivity contribution in [1.29, 1.82) is 5.26 Å². The fraction of sp³-hybridized carbons (Fsp3) is 0.444. The monoisotopic (exact) mass is 208 g/mol. The summed E-state index contributed by atoms with van der Waals surface area (Å²) in [6.45, 7) is 3.96. The Kier molecular flexibility index (Phi) is 3.31. The molecule has 1 heterocycles. The first-order valence-corrected chi connectivity index (χ1v) is 5.44. The van der Waals surface area contributed by atoms with Crippen LogP contribution >= 0.6 is 11.8 Å². The maximum atomic E-state index is 8.89. The minimum Gasteiger partial charge on any atom is -0.382 e. The number of aromatic nitrogens is 2. The molecule has 0 radical (unpaired) electrons. The van der Waals surface area contributed by atoms with Crippen molar-refractivity contribution in [1.82, 2.24) is 9.97 Å². The standard InChI is InChI=1S/C9H12N4S/c1-5(2)7-6(4-10)8(11)13-9(12-7)14-3/h5H,1-3H3,(H2,11,12,13). The first-order valence-electron chi connectivity index (χ1n) is 4.21. The van der Waals surface area contributed by atoms with Crippen LogP contribution in [0.25, 0.3) is 0 Å². The molecule has 0 unspecified atom stereocenters. The van der Waals surface area contributed by atoms with Crippen LogP contribution in [0.4, 0.5) is 5.82 Å². The number of hydrogen-bond donors (Lipinski definition) is 1. The fourth-order valence-corrected chi connectivity index (χ4v) is 1.48. The third-order valence-electron chi connectivity index (χ3n) is 1.79. The smallest absolute Gasteiger partial charge is 0.189 e. The molecule has 74 valence electrons. The Bertz CT molecular complexity index is 381. The predicted octanol–water partition coefficient (Wildman–Crippen LogP) is 1.78. The Morgan fingerprint density at radius 3 is 2.50 bits per heavy atom. The molecule has 0 aliphatic heterocycles. The lowest BCUT2D eigenvalue weighted by Gasteiger charge is -2.09. The molecule has 0 amide bonds. The number of hydrogen-bond acceptors (Lipinski definition) is 5. The van der Waals surface area contributed by atoms with E-state index in [1.54, 1.807) is 0 Å². The van der Waals surface area contributed by atoms with Crippen molar-refractivity contribution < 1.29 is 0 Å². The number of thioether (sulfide) groups is 1. The van der Waals surface area contributed by atoms with E-state index in [-0.39, 0.29) is 11.7 Å². The topological polar surface area (TPSA) is 75.6 Å². The molecule has 0 saturated heterocycles. The minimum atomic E-state index is 0.181. The quantitative estimate of drug-likeness (QED) is 0.592. The molecule has 1 rings (SSSR count). The van der Waals surface area contributed by atoms with Gasteiger partial charge in [-0.05, 0) is 12.2 Å². The summed E-state index contributed by atoms with van der Waals surface area (Å²) in [4.78, 5) is 8.28. The minimum absolute atomic E-state index is 0.181. The normalized spacial score (nSPS) is 10.2. The number of nitrogen functional groups attached to an aromatic ring is 1. The summed E-state index contributed by atoms with van der Waals surface area (Å²) in [5.74, 6) is 0.455. The second kappa shape index (κ2) is 4.29. The Morgan fingerprint density at radius 1 is 1.43 bits per heavy atom. The summed E-state index contributed by atoms with van der Waals surface area (Å²) in [6.07, 6.45) is 1.88. The van der Waals surface area contributed by atoms with Gasteiger partial charge >= 0.3 is 0 Å². The number of nitrogens with zero attached hydrogens (tertiary/aromatic N) is 3. The third kappa shape index (κ3) is 1.96. The van der Waals surface area contributed by atoms with Gasteiger partial charge in [0.25, 0.3) is 0 Å². The van der Waals surface area contributed by atoms with E-state index in [1.807, 2.05) is 26.2 Å². The van der Waals surface area contributed by atoms with E-state index in [2.05, 4.69) is 9.97 Å². The van der Waals surface area contributed by atoms with Crippen LogP contribution in [0.3, 0.4) is 0 Å². The van der Waals surface area contributed by atoms with Crippen molar-refractivity contribution in [3.8, 4) is 6.07 Å². The van der Waals surface area contributed by atoms with Gasteiger partial charge in [-0.25, -0.2) is 9.97 Å². The number of nitrogens with two attached hydrogens (primary N) is 1. The Hall–Kier alpha value is -1.28. The van der Waals surface area contributed by atoms with Gasteiger partial charge in [0.2, 0.25) is 0 Å². The molecule has 0 saturated carbocycles.